The van der Waals surface area contributed by atoms with Crippen LogP contribution < -0.4 is 10.6 Å². The molecule has 6 heteroatoms. The second-order valence-corrected chi connectivity index (χ2v) is 8.26. The molecule has 1 heterocycles. The van der Waals surface area contributed by atoms with E-state index in [4.69, 9.17) is 17.0 Å². The summed E-state index contributed by atoms with van der Waals surface area (Å²) in [6.45, 7) is 3.97. The number of hydrogen-bond donors (Lipinski definition) is 2. The summed E-state index contributed by atoms with van der Waals surface area (Å²) in [4.78, 5) is 2.39. The second kappa shape index (κ2) is 8.19. The van der Waals surface area contributed by atoms with Crippen molar-refractivity contribution < 1.29 is 9.13 Å². The van der Waals surface area contributed by atoms with E-state index in [1.807, 2.05) is 12.1 Å². The molecule has 3 aliphatic rings. The van der Waals surface area contributed by atoms with Crippen LogP contribution in [0.2, 0.25) is 0 Å². The van der Waals surface area contributed by atoms with E-state index in [9.17, 15) is 4.39 Å². The normalized spacial score (nSPS) is 29.5. The van der Waals surface area contributed by atoms with Gasteiger partial charge in [0.15, 0.2) is 5.11 Å². The van der Waals surface area contributed by atoms with Crippen molar-refractivity contribution >= 4 is 17.3 Å². The van der Waals surface area contributed by atoms with Crippen molar-refractivity contribution in [3.63, 3.8) is 0 Å². The van der Waals surface area contributed by atoms with Gasteiger partial charge < -0.3 is 15.4 Å². The number of rotatable bonds is 5. The molecule has 1 aliphatic heterocycles. The van der Waals surface area contributed by atoms with Crippen molar-refractivity contribution in [1.29, 1.82) is 0 Å². The van der Waals surface area contributed by atoms with Crippen LogP contribution in [0.5, 0.6) is 0 Å². The molecule has 0 radical (unpaired) electrons. The van der Waals surface area contributed by atoms with Crippen molar-refractivity contribution in [1.82, 2.24) is 15.5 Å². The van der Waals surface area contributed by atoms with Gasteiger partial charge in [0, 0.05) is 25.7 Å². The average molecular weight is 378 g/mol. The first kappa shape index (κ1) is 18.1. The first-order chi connectivity index (χ1) is 12.7. The lowest BCUT2D eigenvalue weighted by molar-refractivity contribution is 0.0170. The topological polar surface area (TPSA) is 36.5 Å². The molecule has 26 heavy (non-hydrogen) atoms. The summed E-state index contributed by atoms with van der Waals surface area (Å²) in [7, 11) is 0. The second-order valence-electron chi connectivity index (χ2n) is 7.85. The van der Waals surface area contributed by atoms with E-state index in [1.165, 1.54) is 37.8 Å². The van der Waals surface area contributed by atoms with Crippen molar-refractivity contribution in [2.24, 2.45) is 11.8 Å². The van der Waals surface area contributed by atoms with Gasteiger partial charge in [-0.2, -0.15) is 0 Å². The van der Waals surface area contributed by atoms with E-state index >= 15 is 0 Å². The zero-order chi connectivity index (χ0) is 17.9. The molecule has 2 bridgehead atoms. The third-order valence-corrected chi connectivity index (χ3v) is 6.51. The van der Waals surface area contributed by atoms with Crippen LogP contribution in [0.1, 0.15) is 37.3 Å². The van der Waals surface area contributed by atoms with Gasteiger partial charge in [-0.05, 0) is 61.0 Å². The van der Waals surface area contributed by atoms with E-state index in [0.717, 1.165) is 55.4 Å². The number of ether oxygens (including phenoxy) is 1. The quantitative estimate of drug-likeness (QED) is 0.772. The minimum absolute atomic E-state index is 0.166. The fourth-order valence-corrected chi connectivity index (χ4v) is 5.10. The Balaban J connectivity index is 1.36. The van der Waals surface area contributed by atoms with Gasteiger partial charge in [0.1, 0.15) is 5.82 Å². The van der Waals surface area contributed by atoms with E-state index in [0.29, 0.717) is 6.04 Å². The van der Waals surface area contributed by atoms with Crippen LogP contribution in [0.15, 0.2) is 24.3 Å². The lowest BCUT2D eigenvalue weighted by Crippen LogP contribution is -2.48. The van der Waals surface area contributed by atoms with Gasteiger partial charge in [-0.1, -0.05) is 18.6 Å². The zero-order valence-corrected chi connectivity index (χ0v) is 15.9. The van der Waals surface area contributed by atoms with Gasteiger partial charge in [-0.15, -0.1) is 0 Å². The Kier molecular flexibility index (Phi) is 5.72. The molecule has 1 aromatic rings. The number of nitrogens with one attached hydrogen (secondary N) is 2. The standard InChI is InChI=1S/C20H28FN3OS/c21-17-5-3-15(4-6-17)19(24-7-9-25-10-8-24)13-22-20(26)23-18-12-14-1-2-16(18)11-14/h3-6,14,16,18-19H,1-2,7-13H2,(H2,22,23,26)/t14-,16-,18+,19-/m1/s1. The monoisotopic (exact) mass is 377 g/mol. The van der Waals surface area contributed by atoms with Gasteiger partial charge in [-0.25, -0.2) is 4.39 Å². The van der Waals surface area contributed by atoms with E-state index in [-0.39, 0.29) is 11.9 Å². The highest BCUT2D eigenvalue weighted by atomic mass is 32.1. The molecule has 1 aromatic carbocycles. The van der Waals surface area contributed by atoms with Gasteiger partial charge in [-0.3, -0.25) is 4.90 Å². The number of thiocarbonyl (C=S) groups is 1. The largest absolute Gasteiger partial charge is 0.379 e. The number of fused-ring (bicyclic) bond motifs is 2. The molecular formula is C20H28FN3OS. The van der Waals surface area contributed by atoms with Crippen molar-refractivity contribution in [2.45, 2.75) is 37.8 Å². The molecule has 2 aliphatic carbocycles. The van der Waals surface area contributed by atoms with E-state index < -0.39 is 0 Å². The van der Waals surface area contributed by atoms with Crippen LogP contribution in [0.3, 0.4) is 0 Å². The van der Waals surface area contributed by atoms with E-state index in [2.05, 4.69) is 15.5 Å². The number of hydrogen-bond acceptors (Lipinski definition) is 3. The number of morpholine rings is 1. The lowest BCUT2D eigenvalue weighted by atomic mass is 9.95. The smallest absolute Gasteiger partial charge is 0.166 e. The Morgan fingerprint density at radius 2 is 1.96 bits per heavy atom. The summed E-state index contributed by atoms with van der Waals surface area (Å²) < 4.78 is 18.8. The summed E-state index contributed by atoms with van der Waals surface area (Å²) in [5, 5.41) is 7.72. The van der Waals surface area contributed by atoms with Crippen LogP contribution in [-0.4, -0.2) is 48.9 Å². The first-order valence-electron chi connectivity index (χ1n) is 9.80. The van der Waals surface area contributed by atoms with Crippen LogP contribution >= 0.6 is 12.2 Å². The summed E-state index contributed by atoms with van der Waals surface area (Å²) in [6, 6.07) is 7.54. The molecule has 142 valence electrons. The fraction of sp³-hybridized carbons (Fsp3) is 0.650. The maximum absolute atomic E-state index is 13.3. The third-order valence-electron chi connectivity index (χ3n) is 6.25. The molecule has 2 saturated carbocycles. The zero-order valence-electron chi connectivity index (χ0n) is 15.1. The maximum atomic E-state index is 13.3. The number of nitrogens with zero attached hydrogens (tertiary/aromatic N) is 1. The van der Waals surface area contributed by atoms with Gasteiger partial charge in [0.05, 0.1) is 19.3 Å². The van der Waals surface area contributed by atoms with Crippen molar-refractivity contribution in [2.75, 3.05) is 32.8 Å². The highest BCUT2D eigenvalue weighted by Crippen LogP contribution is 2.44. The minimum atomic E-state index is -0.198. The molecule has 0 aromatic heterocycles. The molecule has 0 unspecified atom stereocenters. The van der Waals surface area contributed by atoms with Gasteiger partial charge >= 0.3 is 0 Å². The van der Waals surface area contributed by atoms with Gasteiger partial charge in [0.25, 0.3) is 0 Å². The Morgan fingerprint density at radius 1 is 1.19 bits per heavy atom. The summed E-state index contributed by atoms with van der Waals surface area (Å²) in [5.74, 6) is 1.50. The summed E-state index contributed by atoms with van der Waals surface area (Å²) in [5.41, 5.74) is 1.11. The molecule has 0 spiro atoms. The molecule has 0 amide bonds. The maximum Gasteiger partial charge on any atom is 0.166 e. The molecule has 2 N–H and O–H groups in total. The number of halogens is 1. The third kappa shape index (κ3) is 4.18. The summed E-state index contributed by atoms with van der Waals surface area (Å²) >= 11 is 5.57. The molecule has 3 fully saturated rings. The highest BCUT2D eigenvalue weighted by Gasteiger charge is 2.39. The molecule has 4 rings (SSSR count). The average Bonchev–Trinajstić information content (AvgIpc) is 3.27. The SMILES string of the molecule is Fc1ccc([C@@H](CNC(=S)N[C@H]2C[C@@H]3CC[C@@H]2C3)N2CCOCC2)cc1. The fourth-order valence-electron chi connectivity index (χ4n) is 4.86. The highest BCUT2D eigenvalue weighted by molar-refractivity contribution is 7.80. The van der Waals surface area contributed by atoms with Crippen LogP contribution in [0.25, 0.3) is 0 Å². The predicted octanol–water partition coefficient (Wildman–Crippen LogP) is 2.85. The first-order valence-corrected chi connectivity index (χ1v) is 10.2. The van der Waals surface area contributed by atoms with Crippen molar-refractivity contribution in [3.05, 3.63) is 35.6 Å². The molecular weight excluding hydrogens is 349 g/mol. The number of benzene rings is 1. The van der Waals surface area contributed by atoms with Crippen LogP contribution in [-0.2, 0) is 4.74 Å². The Hall–Kier alpha value is -1.24. The van der Waals surface area contributed by atoms with Crippen LogP contribution in [0.4, 0.5) is 4.39 Å². The van der Waals surface area contributed by atoms with E-state index in [1.54, 1.807) is 0 Å². The van der Waals surface area contributed by atoms with Gasteiger partial charge in [0.2, 0.25) is 0 Å². The Labute approximate surface area is 160 Å². The summed E-state index contributed by atoms with van der Waals surface area (Å²) in [6.07, 6.45) is 5.37. The molecule has 4 nitrogen and oxygen atoms in total. The Morgan fingerprint density at radius 3 is 2.62 bits per heavy atom. The van der Waals surface area contributed by atoms with Crippen molar-refractivity contribution in [3.8, 4) is 0 Å². The molecule has 1 saturated heterocycles. The van der Waals surface area contributed by atoms with Crippen LogP contribution in [0, 0.1) is 17.7 Å². The minimum Gasteiger partial charge on any atom is -0.379 e. The lowest BCUT2D eigenvalue weighted by Gasteiger charge is -2.35. The predicted molar refractivity (Wildman–Crippen MR) is 105 cm³/mol. The molecule has 4 atom stereocenters. The Bertz CT molecular complexity index is 620.